The molecule has 0 spiro atoms. The highest BCUT2D eigenvalue weighted by atomic mass is 32.2. The number of β-amino-alcohol motifs (C(OH)–C–C–N with tert-alkyl or cyclic N) is 1. The largest absolute Gasteiger partial charge is 0.389 e. The molecular weight excluding hydrogens is 197 g/mol. The zero-order chi connectivity index (χ0) is 9.90. The maximum absolute atomic E-state index is 11.9. The van der Waals surface area contributed by atoms with Crippen molar-refractivity contribution in [2.45, 2.75) is 6.10 Å². The van der Waals surface area contributed by atoms with Crippen LogP contribution in [-0.2, 0) is 9.84 Å². The topological polar surface area (TPSA) is 57.6 Å². The van der Waals surface area contributed by atoms with Crippen molar-refractivity contribution in [1.82, 2.24) is 4.90 Å². The summed E-state index contributed by atoms with van der Waals surface area (Å²) in [6.45, 7) is 0.258. The first kappa shape index (κ1) is 10.9. The van der Waals surface area contributed by atoms with Crippen molar-refractivity contribution >= 4 is 9.84 Å². The molecule has 0 aromatic heterocycles. The summed E-state index contributed by atoms with van der Waals surface area (Å²) < 4.78 is 33.9. The standard InChI is InChI=1S/C7H14FNO3S/c8-5-7(10)6-9-1-3-13(11,12)4-2-9/h7,10H,1-6H2. The number of rotatable bonds is 3. The van der Waals surface area contributed by atoms with Gasteiger partial charge < -0.3 is 5.11 Å². The number of halogens is 1. The summed E-state index contributed by atoms with van der Waals surface area (Å²) in [6, 6.07) is 0. The van der Waals surface area contributed by atoms with Crippen LogP contribution >= 0.6 is 0 Å². The van der Waals surface area contributed by atoms with E-state index in [9.17, 15) is 12.8 Å². The third-order valence-electron chi connectivity index (χ3n) is 2.08. The lowest BCUT2D eigenvalue weighted by atomic mass is 10.3. The first-order valence-electron chi connectivity index (χ1n) is 4.20. The van der Waals surface area contributed by atoms with Crippen LogP contribution in [0.2, 0.25) is 0 Å². The summed E-state index contributed by atoms with van der Waals surface area (Å²) in [7, 11) is -2.88. The van der Waals surface area contributed by atoms with E-state index in [1.54, 1.807) is 4.90 Å². The molecule has 1 aliphatic heterocycles. The highest BCUT2D eigenvalue weighted by Gasteiger charge is 2.22. The van der Waals surface area contributed by atoms with Gasteiger partial charge in [-0.3, -0.25) is 4.90 Å². The van der Waals surface area contributed by atoms with E-state index in [4.69, 9.17) is 5.11 Å². The minimum absolute atomic E-state index is 0.117. The maximum atomic E-state index is 11.9. The molecule has 0 aromatic rings. The molecule has 6 heteroatoms. The first-order chi connectivity index (χ1) is 6.03. The summed E-state index contributed by atoms with van der Waals surface area (Å²) in [5.41, 5.74) is 0. The second-order valence-corrected chi connectivity index (χ2v) is 5.56. The van der Waals surface area contributed by atoms with Gasteiger partial charge >= 0.3 is 0 Å². The number of hydrogen-bond donors (Lipinski definition) is 1. The van der Waals surface area contributed by atoms with Crippen LogP contribution in [-0.4, -0.2) is 62.3 Å². The molecule has 1 fully saturated rings. The van der Waals surface area contributed by atoms with E-state index < -0.39 is 22.6 Å². The van der Waals surface area contributed by atoms with Crippen molar-refractivity contribution in [2.24, 2.45) is 0 Å². The molecule has 1 unspecified atom stereocenters. The van der Waals surface area contributed by atoms with Crippen LogP contribution in [0.15, 0.2) is 0 Å². The van der Waals surface area contributed by atoms with Crippen LogP contribution < -0.4 is 0 Å². The van der Waals surface area contributed by atoms with Gasteiger partial charge in [0.25, 0.3) is 0 Å². The number of sulfone groups is 1. The van der Waals surface area contributed by atoms with Gasteiger partial charge in [-0.15, -0.1) is 0 Å². The Kier molecular flexibility index (Phi) is 3.63. The molecule has 0 aliphatic carbocycles. The fourth-order valence-electron chi connectivity index (χ4n) is 1.28. The van der Waals surface area contributed by atoms with Crippen LogP contribution in [0.25, 0.3) is 0 Å². The Hall–Kier alpha value is -0.200. The highest BCUT2D eigenvalue weighted by Crippen LogP contribution is 2.04. The van der Waals surface area contributed by atoms with Crippen molar-refractivity contribution in [2.75, 3.05) is 37.8 Å². The molecule has 13 heavy (non-hydrogen) atoms. The Morgan fingerprint density at radius 2 is 1.92 bits per heavy atom. The molecule has 1 heterocycles. The van der Waals surface area contributed by atoms with Crippen molar-refractivity contribution in [1.29, 1.82) is 0 Å². The smallest absolute Gasteiger partial charge is 0.152 e. The number of alkyl halides is 1. The Labute approximate surface area is 77.3 Å². The molecule has 0 amide bonds. The second kappa shape index (κ2) is 4.34. The number of nitrogens with zero attached hydrogens (tertiary/aromatic N) is 1. The first-order valence-corrected chi connectivity index (χ1v) is 6.02. The van der Waals surface area contributed by atoms with Gasteiger partial charge in [-0.25, -0.2) is 12.8 Å². The average Bonchev–Trinajstić information content (AvgIpc) is 2.08. The summed E-state index contributed by atoms with van der Waals surface area (Å²) in [5.74, 6) is 0.234. The van der Waals surface area contributed by atoms with E-state index in [0.717, 1.165) is 0 Å². The molecule has 1 saturated heterocycles. The molecule has 0 aromatic carbocycles. The van der Waals surface area contributed by atoms with E-state index in [2.05, 4.69) is 0 Å². The van der Waals surface area contributed by atoms with Gasteiger partial charge in [-0.1, -0.05) is 0 Å². The van der Waals surface area contributed by atoms with Crippen LogP contribution in [0.3, 0.4) is 0 Å². The molecule has 1 atom stereocenters. The molecule has 0 bridgehead atoms. The Morgan fingerprint density at radius 1 is 1.38 bits per heavy atom. The van der Waals surface area contributed by atoms with Crippen molar-refractivity contribution in [3.63, 3.8) is 0 Å². The summed E-state index contributed by atoms with van der Waals surface area (Å²) in [4.78, 5) is 1.77. The van der Waals surface area contributed by atoms with Crippen molar-refractivity contribution in [3.05, 3.63) is 0 Å². The predicted octanol–water partition coefficient (Wildman–Crippen LogP) is -0.953. The number of aliphatic hydroxyl groups is 1. The van der Waals surface area contributed by atoms with Gasteiger partial charge in [0.15, 0.2) is 9.84 Å². The van der Waals surface area contributed by atoms with E-state index in [-0.39, 0.29) is 18.1 Å². The average molecular weight is 211 g/mol. The van der Waals surface area contributed by atoms with E-state index in [0.29, 0.717) is 13.1 Å². The Morgan fingerprint density at radius 3 is 2.38 bits per heavy atom. The molecule has 4 nitrogen and oxygen atoms in total. The summed E-state index contributed by atoms with van der Waals surface area (Å²) >= 11 is 0. The molecule has 0 saturated carbocycles. The molecular formula is C7H14FNO3S. The SMILES string of the molecule is O=S1(=O)CCN(CC(O)CF)CC1. The fraction of sp³-hybridized carbons (Fsp3) is 1.00. The lowest BCUT2D eigenvalue weighted by Gasteiger charge is -2.27. The van der Waals surface area contributed by atoms with Crippen molar-refractivity contribution in [3.8, 4) is 0 Å². The van der Waals surface area contributed by atoms with E-state index in [1.165, 1.54) is 0 Å². The molecule has 1 rings (SSSR count). The second-order valence-electron chi connectivity index (χ2n) is 3.26. The van der Waals surface area contributed by atoms with E-state index >= 15 is 0 Å². The van der Waals surface area contributed by atoms with Gasteiger partial charge in [0.05, 0.1) is 17.6 Å². The van der Waals surface area contributed by atoms with Gasteiger partial charge in [0.1, 0.15) is 6.67 Å². The third-order valence-corrected chi connectivity index (χ3v) is 3.69. The van der Waals surface area contributed by atoms with Gasteiger partial charge in [-0.2, -0.15) is 0 Å². The van der Waals surface area contributed by atoms with Gasteiger partial charge in [-0.05, 0) is 0 Å². The molecule has 0 radical (unpaired) electrons. The molecule has 78 valence electrons. The summed E-state index contributed by atoms with van der Waals surface area (Å²) in [5, 5.41) is 8.97. The Bertz CT molecular complexity index is 240. The van der Waals surface area contributed by atoms with Gasteiger partial charge in [0.2, 0.25) is 0 Å². The van der Waals surface area contributed by atoms with Crippen LogP contribution in [0, 0.1) is 0 Å². The van der Waals surface area contributed by atoms with Crippen molar-refractivity contribution < 1.29 is 17.9 Å². The number of hydrogen-bond acceptors (Lipinski definition) is 4. The zero-order valence-electron chi connectivity index (χ0n) is 7.32. The molecule has 1 aliphatic rings. The van der Waals surface area contributed by atoms with Crippen LogP contribution in [0.1, 0.15) is 0 Å². The monoisotopic (exact) mass is 211 g/mol. The summed E-state index contributed by atoms with van der Waals surface area (Å²) in [6.07, 6.45) is -0.985. The zero-order valence-corrected chi connectivity index (χ0v) is 8.13. The molecule has 1 N–H and O–H groups in total. The minimum Gasteiger partial charge on any atom is -0.389 e. The fourth-order valence-corrected chi connectivity index (χ4v) is 2.56. The predicted molar refractivity (Wildman–Crippen MR) is 47.1 cm³/mol. The number of aliphatic hydroxyl groups excluding tert-OH is 1. The highest BCUT2D eigenvalue weighted by molar-refractivity contribution is 7.91. The maximum Gasteiger partial charge on any atom is 0.152 e. The Balaban J connectivity index is 2.33. The quantitative estimate of drug-likeness (QED) is 0.653. The minimum atomic E-state index is -2.88. The third kappa shape index (κ3) is 3.58. The lowest BCUT2D eigenvalue weighted by Crippen LogP contribution is -2.44. The van der Waals surface area contributed by atoms with Crippen LogP contribution in [0.5, 0.6) is 0 Å². The van der Waals surface area contributed by atoms with E-state index in [1.807, 2.05) is 0 Å². The lowest BCUT2D eigenvalue weighted by molar-refractivity contribution is 0.0933. The normalized spacial score (nSPS) is 25.7. The van der Waals surface area contributed by atoms with Crippen LogP contribution in [0.4, 0.5) is 4.39 Å². The van der Waals surface area contributed by atoms with Gasteiger partial charge in [0, 0.05) is 19.6 Å².